The number of halogens is 1. The van der Waals surface area contributed by atoms with Crippen LogP contribution >= 0.6 is 34.3 Å². The molecule has 0 amide bonds. The average Bonchev–Trinajstić information content (AvgIpc) is 3.61. The minimum absolute atomic E-state index is 0.297. The molecule has 0 saturated heterocycles. The SMILES string of the molecule is Nc1nn2c(-c3cccs3)c3c(nc2c1N=Nc1ccc(Cl)cc1)/C(=C\c1cccs1)CC3. The molecule has 1 aliphatic rings. The number of rotatable bonds is 4. The van der Waals surface area contributed by atoms with E-state index in [4.69, 9.17) is 22.3 Å². The Morgan fingerprint density at radius 1 is 1.00 bits per heavy atom. The number of fused-ring (bicyclic) bond motifs is 2. The molecule has 0 bridgehead atoms. The molecule has 6 nitrogen and oxygen atoms in total. The first-order valence-corrected chi connectivity index (χ1v) is 12.5. The van der Waals surface area contributed by atoms with Gasteiger partial charge in [0.05, 0.1) is 22.0 Å². The molecule has 4 heterocycles. The van der Waals surface area contributed by atoms with Crippen LogP contribution < -0.4 is 5.73 Å². The number of nitrogen functional groups attached to an aromatic ring is 1. The van der Waals surface area contributed by atoms with Gasteiger partial charge in [0.2, 0.25) is 0 Å². The van der Waals surface area contributed by atoms with Gasteiger partial charge in [0.15, 0.2) is 17.2 Å². The molecule has 0 spiro atoms. The molecule has 162 valence electrons. The molecule has 0 aliphatic heterocycles. The number of benzene rings is 1. The van der Waals surface area contributed by atoms with Crippen LogP contribution in [-0.4, -0.2) is 14.6 Å². The van der Waals surface area contributed by atoms with E-state index in [-0.39, 0.29) is 0 Å². The maximum absolute atomic E-state index is 6.31. The summed E-state index contributed by atoms with van der Waals surface area (Å²) in [6, 6.07) is 15.5. The van der Waals surface area contributed by atoms with E-state index in [1.165, 1.54) is 16.0 Å². The zero-order valence-electron chi connectivity index (χ0n) is 17.3. The van der Waals surface area contributed by atoms with Crippen molar-refractivity contribution in [1.82, 2.24) is 14.6 Å². The van der Waals surface area contributed by atoms with E-state index in [2.05, 4.69) is 50.4 Å². The lowest BCUT2D eigenvalue weighted by atomic mass is 10.1. The summed E-state index contributed by atoms with van der Waals surface area (Å²) in [5.74, 6) is 0.297. The molecule has 9 heteroatoms. The molecule has 0 radical (unpaired) electrons. The zero-order chi connectivity index (χ0) is 22.4. The van der Waals surface area contributed by atoms with Crippen LogP contribution in [0.3, 0.4) is 0 Å². The van der Waals surface area contributed by atoms with E-state index < -0.39 is 0 Å². The fraction of sp³-hybridized carbons (Fsp3) is 0.0833. The van der Waals surface area contributed by atoms with Gasteiger partial charge >= 0.3 is 0 Å². The molecule has 0 atom stereocenters. The van der Waals surface area contributed by atoms with Gasteiger partial charge < -0.3 is 5.73 Å². The number of hydrogen-bond acceptors (Lipinski definition) is 7. The van der Waals surface area contributed by atoms with Gasteiger partial charge in [-0.15, -0.1) is 32.9 Å². The van der Waals surface area contributed by atoms with Crippen LogP contribution in [0, 0.1) is 0 Å². The third kappa shape index (κ3) is 3.66. The first-order chi connectivity index (χ1) is 16.2. The second-order valence-corrected chi connectivity index (χ2v) is 9.96. The Labute approximate surface area is 202 Å². The summed E-state index contributed by atoms with van der Waals surface area (Å²) in [5, 5.41) is 18.2. The second-order valence-electron chi connectivity index (χ2n) is 7.60. The lowest BCUT2D eigenvalue weighted by Gasteiger charge is -2.09. The molecule has 0 fully saturated rings. The quantitative estimate of drug-likeness (QED) is 0.263. The summed E-state index contributed by atoms with van der Waals surface area (Å²) >= 11 is 9.38. The zero-order valence-corrected chi connectivity index (χ0v) is 19.7. The fourth-order valence-electron chi connectivity index (χ4n) is 4.03. The van der Waals surface area contributed by atoms with Crippen LogP contribution in [-0.2, 0) is 6.42 Å². The standard InChI is InChI=1S/C24H17ClN6S2/c25-15-6-8-16(9-7-15)28-29-21-23(26)30-31-22(19-4-2-12-33-19)18-10-5-14(20(18)27-24(21)31)13-17-3-1-11-32-17/h1-4,6-9,11-13H,5,10H2,(H2,26,30)/b14-13-,29-28?. The number of azo groups is 1. The Morgan fingerprint density at radius 2 is 1.82 bits per heavy atom. The summed E-state index contributed by atoms with van der Waals surface area (Å²) in [6.45, 7) is 0. The van der Waals surface area contributed by atoms with Crippen molar-refractivity contribution < 1.29 is 0 Å². The lowest BCUT2D eigenvalue weighted by Crippen LogP contribution is -2.02. The Balaban J connectivity index is 1.56. The van der Waals surface area contributed by atoms with E-state index >= 15 is 0 Å². The van der Waals surface area contributed by atoms with E-state index in [9.17, 15) is 0 Å². The minimum atomic E-state index is 0.297. The van der Waals surface area contributed by atoms with E-state index in [0.717, 1.165) is 29.1 Å². The molecule has 5 aromatic rings. The maximum Gasteiger partial charge on any atom is 0.186 e. The topological polar surface area (TPSA) is 80.9 Å². The lowest BCUT2D eigenvalue weighted by molar-refractivity contribution is 0.931. The van der Waals surface area contributed by atoms with Crippen LogP contribution in [0.4, 0.5) is 17.2 Å². The van der Waals surface area contributed by atoms with Crippen molar-refractivity contribution in [3.05, 3.63) is 80.4 Å². The Kier molecular flexibility index (Phi) is 5.05. The highest BCUT2D eigenvalue weighted by Gasteiger charge is 2.28. The van der Waals surface area contributed by atoms with Crippen molar-refractivity contribution in [2.45, 2.75) is 12.8 Å². The summed E-state index contributed by atoms with van der Waals surface area (Å²) in [7, 11) is 0. The molecule has 2 N–H and O–H groups in total. The van der Waals surface area contributed by atoms with Crippen LogP contribution in [0.5, 0.6) is 0 Å². The summed E-state index contributed by atoms with van der Waals surface area (Å²) in [6.07, 6.45) is 4.07. The molecule has 4 aromatic heterocycles. The molecule has 33 heavy (non-hydrogen) atoms. The van der Waals surface area contributed by atoms with Gasteiger partial charge in [-0.25, -0.2) is 9.50 Å². The molecule has 6 rings (SSSR count). The van der Waals surface area contributed by atoms with E-state index in [1.54, 1.807) is 46.9 Å². The van der Waals surface area contributed by atoms with Crippen molar-refractivity contribution in [1.29, 1.82) is 0 Å². The van der Waals surface area contributed by atoms with Crippen molar-refractivity contribution in [2.24, 2.45) is 10.2 Å². The van der Waals surface area contributed by atoms with Gasteiger partial charge in [-0.3, -0.25) is 0 Å². The van der Waals surface area contributed by atoms with Gasteiger partial charge in [-0.1, -0.05) is 23.7 Å². The normalized spacial score (nSPS) is 14.6. The number of allylic oxidation sites excluding steroid dienone is 1. The van der Waals surface area contributed by atoms with Gasteiger partial charge in [-0.05, 0) is 71.6 Å². The Hall–Kier alpha value is -3.33. The number of thiophene rings is 2. The van der Waals surface area contributed by atoms with Crippen LogP contribution in [0.2, 0.25) is 5.02 Å². The second kappa shape index (κ2) is 8.22. The van der Waals surface area contributed by atoms with Gasteiger partial charge in [0, 0.05) is 15.5 Å². The van der Waals surface area contributed by atoms with Crippen molar-refractivity contribution in [3.8, 4) is 10.6 Å². The van der Waals surface area contributed by atoms with Crippen LogP contribution in [0.25, 0.3) is 27.9 Å². The third-order valence-electron chi connectivity index (χ3n) is 5.52. The molecular formula is C24H17ClN6S2. The first kappa shape index (κ1) is 20.3. The van der Waals surface area contributed by atoms with Gasteiger partial charge in [0.25, 0.3) is 0 Å². The number of anilines is 1. The minimum Gasteiger partial charge on any atom is -0.380 e. The highest BCUT2D eigenvalue weighted by Crippen LogP contribution is 2.42. The molecular weight excluding hydrogens is 472 g/mol. The predicted octanol–water partition coefficient (Wildman–Crippen LogP) is 7.66. The molecule has 0 unspecified atom stereocenters. The number of nitrogens with two attached hydrogens (primary N) is 1. The van der Waals surface area contributed by atoms with Crippen LogP contribution in [0.1, 0.15) is 22.6 Å². The van der Waals surface area contributed by atoms with Crippen molar-refractivity contribution in [3.63, 3.8) is 0 Å². The number of nitrogens with zero attached hydrogens (tertiary/aromatic N) is 5. The summed E-state index contributed by atoms with van der Waals surface area (Å²) in [5.41, 5.74) is 12.5. The summed E-state index contributed by atoms with van der Waals surface area (Å²) in [4.78, 5) is 7.36. The highest BCUT2D eigenvalue weighted by atomic mass is 35.5. The number of aromatic nitrogens is 3. The number of hydrogen-bond donors (Lipinski definition) is 1. The third-order valence-corrected chi connectivity index (χ3v) is 7.47. The Bertz CT molecular complexity index is 1510. The highest BCUT2D eigenvalue weighted by molar-refractivity contribution is 7.13. The molecule has 0 saturated carbocycles. The van der Waals surface area contributed by atoms with E-state index in [0.29, 0.717) is 27.9 Å². The van der Waals surface area contributed by atoms with Gasteiger partial charge in [0.1, 0.15) is 0 Å². The van der Waals surface area contributed by atoms with Crippen molar-refractivity contribution in [2.75, 3.05) is 5.73 Å². The van der Waals surface area contributed by atoms with Crippen molar-refractivity contribution >= 4 is 68.8 Å². The smallest absolute Gasteiger partial charge is 0.186 e. The molecule has 1 aromatic carbocycles. The predicted molar refractivity (Wildman–Crippen MR) is 137 cm³/mol. The first-order valence-electron chi connectivity index (χ1n) is 10.3. The average molecular weight is 489 g/mol. The molecule has 1 aliphatic carbocycles. The Morgan fingerprint density at radius 3 is 2.58 bits per heavy atom. The summed E-state index contributed by atoms with van der Waals surface area (Å²) < 4.78 is 1.82. The largest absolute Gasteiger partial charge is 0.380 e. The maximum atomic E-state index is 6.31. The van der Waals surface area contributed by atoms with Gasteiger partial charge in [-0.2, -0.15) is 5.11 Å². The fourth-order valence-corrected chi connectivity index (χ4v) is 5.62. The van der Waals surface area contributed by atoms with Crippen LogP contribution in [0.15, 0.2) is 69.5 Å². The van der Waals surface area contributed by atoms with E-state index in [1.807, 2.05) is 10.6 Å². The monoisotopic (exact) mass is 488 g/mol.